The van der Waals surface area contributed by atoms with E-state index in [2.05, 4.69) is 100 Å². The predicted octanol–water partition coefficient (Wildman–Crippen LogP) is 15.4. The molecule has 4 rings (SSSR count). The van der Waals surface area contributed by atoms with E-state index in [0.29, 0.717) is 11.8 Å². The van der Waals surface area contributed by atoms with Gasteiger partial charge in [0.2, 0.25) is 0 Å². The molecule has 4 aromatic rings. The van der Waals surface area contributed by atoms with E-state index in [1.165, 1.54) is 173 Å². The van der Waals surface area contributed by atoms with Gasteiger partial charge in [-0.05, 0) is 121 Å². The van der Waals surface area contributed by atoms with Crippen LogP contribution in [0.25, 0.3) is 0 Å². The minimum Gasteiger partial charge on any atom is -0.399 e. The van der Waals surface area contributed by atoms with Gasteiger partial charge in [0.15, 0.2) is 0 Å². The molecule has 0 spiro atoms. The fourth-order valence-electron chi connectivity index (χ4n) is 8.77. The molecule has 0 fully saturated rings. The van der Waals surface area contributed by atoms with Gasteiger partial charge in [0.25, 0.3) is 0 Å². The molecule has 2 nitrogen and oxygen atoms in total. The van der Waals surface area contributed by atoms with Gasteiger partial charge in [-0.1, -0.05) is 177 Å². The van der Waals surface area contributed by atoms with Crippen LogP contribution in [0.5, 0.6) is 0 Å². The van der Waals surface area contributed by atoms with Crippen molar-refractivity contribution < 1.29 is 0 Å². The van der Waals surface area contributed by atoms with Crippen LogP contribution in [0.15, 0.2) is 84.9 Å². The maximum atomic E-state index is 6.00. The van der Waals surface area contributed by atoms with Gasteiger partial charge in [-0.15, -0.1) is 0 Å². The van der Waals surface area contributed by atoms with E-state index in [4.69, 9.17) is 11.5 Å². The third-order valence-electron chi connectivity index (χ3n) is 12.1. The molecule has 294 valence electrons. The fourth-order valence-corrected chi connectivity index (χ4v) is 8.77. The summed E-state index contributed by atoms with van der Waals surface area (Å²) in [4.78, 5) is 0. The normalized spacial score (nSPS) is 12.6. The van der Waals surface area contributed by atoms with Crippen LogP contribution in [0.2, 0.25) is 0 Å². The first kappa shape index (κ1) is 43.2. The molecule has 0 saturated carbocycles. The standard InChI is InChI=1S/C52H76N2/c1-5-49(51-37-35-47(53)39-41(51)3)45-31-27-43(28-32-45)25-23-21-19-17-15-13-11-9-7-8-10-12-14-16-18-20-22-24-26-44-29-33-46(34-30-44)50(6-2)52-38-36-48(54)40-42(52)4/h27-40,49-50H,5-26,53-54H2,1-4H3. The summed E-state index contributed by atoms with van der Waals surface area (Å²) in [7, 11) is 0. The van der Waals surface area contributed by atoms with Crippen LogP contribution >= 0.6 is 0 Å². The van der Waals surface area contributed by atoms with E-state index in [9.17, 15) is 0 Å². The van der Waals surface area contributed by atoms with Crippen LogP contribution in [0.3, 0.4) is 0 Å². The number of benzene rings is 4. The van der Waals surface area contributed by atoms with Crippen LogP contribution in [0, 0.1) is 13.8 Å². The second-order valence-electron chi connectivity index (χ2n) is 16.5. The highest BCUT2D eigenvalue weighted by Gasteiger charge is 2.16. The zero-order valence-corrected chi connectivity index (χ0v) is 34.9. The van der Waals surface area contributed by atoms with Gasteiger partial charge in [-0.3, -0.25) is 0 Å². The molecule has 0 amide bonds. The van der Waals surface area contributed by atoms with Crippen molar-refractivity contribution in [1.29, 1.82) is 0 Å². The van der Waals surface area contributed by atoms with Crippen LogP contribution in [-0.4, -0.2) is 0 Å². The van der Waals surface area contributed by atoms with Gasteiger partial charge in [-0.25, -0.2) is 0 Å². The Morgan fingerprint density at radius 1 is 0.370 bits per heavy atom. The molecule has 0 aliphatic carbocycles. The largest absolute Gasteiger partial charge is 0.399 e. The van der Waals surface area contributed by atoms with Gasteiger partial charge in [0.05, 0.1) is 0 Å². The molecular formula is C52H76N2. The summed E-state index contributed by atoms with van der Waals surface area (Å²) in [6, 6.07) is 31.6. The number of hydrogen-bond donors (Lipinski definition) is 2. The first-order valence-electron chi connectivity index (χ1n) is 22.3. The lowest BCUT2D eigenvalue weighted by Gasteiger charge is -2.19. The Morgan fingerprint density at radius 2 is 0.648 bits per heavy atom. The Hall–Kier alpha value is -3.52. The molecule has 0 radical (unpaired) electrons. The van der Waals surface area contributed by atoms with Crippen LogP contribution in [-0.2, 0) is 12.8 Å². The van der Waals surface area contributed by atoms with E-state index < -0.39 is 0 Å². The number of hydrogen-bond acceptors (Lipinski definition) is 2. The van der Waals surface area contributed by atoms with Gasteiger partial charge in [-0.2, -0.15) is 0 Å². The lowest BCUT2D eigenvalue weighted by Crippen LogP contribution is -2.03. The average Bonchev–Trinajstić information content (AvgIpc) is 3.17. The Bertz CT molecular complexity index is 1460. The quantitative estimate of drug-likeness (QED) is 0.0474. The van der Waals surface area contributed by atoms with Crippen molar-refractivity contribution in [2.75, 3.05) is 11.5 Å². The topological polar surface area (TPSA) is 52.0 Å². The summed E-state index contributed by atoms with van der Waals surface area (Å²) in [5, 5.41) is 0. The summed E-state index contributed by atoms with van der Waals surface area (Å²) in [5.41, 5.74) is 24.9. The van der Waals surface area contributed by atoms with Crippen molar-refractivity contribution in [3.8, 4) is 0 Å². The second kappa shape index (κ2) is 24.8. The number of nitrogen functional groups attached to an aromatic ring is 2. The highest BCUT2D eigenvalue weighted by Crippen LogP contribution is 2.33. The monoisotopic (exact) mass is 729 g/mol. The van der Waals surface area contributed by atoms with Crippen LogP contribution in [0.4, 0.5) is 11.4 Å². The minimum atomic E-state index is 0.448. The first-order valence-corrected chi connectivity index (χ1v) is 22.3. The van der Waals surface area contributed by atoms with Gasteiger partial charge < -0.3 is 11.5 Å². The highest BCUT2D eigenvalue weighted by atomic mass is 14.5. The van der Waals surface area contributed by atoms with E-state index in [1.807, 2.05) is 12.1 Å². The molecule has 4 N–H and O–H groups in total. The summed E-state index contributed by atoms with van der Waals surface area (Å²) in [5.74, 6) is 0.896. The lowest BCUT2D eigenvalue weighted by atomic mass is 9.86. The first-order chi connectivity index (χ1) is 26.4. The summed E-state index contributed by atoms with van der Waals surface area (Å²) in [6.45, 7) is 8.94. The maximum Gasteiger partial charge on any atom is 0.0316 e. The fraction of sp³-hybridized carbons (Fsp3) is 0.538. The molecule has 0 saturated heterocycles. The molecule has 0 heterocycles. The number of aryl methyl sites for hydroxylation is 4. The summed E-state index contributed by atoms with van der Waals surface area (Å²) >= 11 is 0. The third-order valence-corrected chi connectivity index (χ3v) is 12.1. The van der Waals surface area contributed by atoms with E-state index in [-0.39, 0.29) is 0 Å². The summed E-state index contributed by atoms with van der Waals surface area (Å²) < 4.78 is 0. The van der Waals surface area contributed by atoms with Gasteiger partial charge in [0, 0.05) is 23.2 Å². The molecule has 0 aliphatic heterocycles. The van der Waals surface area contributed by atoms with Gasteiger partial charge in [0.1, 0.15) is 0 Å². The van der Waals surface area contributed by atoms with Crippen molar-refractivity contribution in [3.63, 3.8) is 0 Å². The Labute approximate surface area is 332 Å². The number of unbranched alkanes of at least 4 members (excludes halogenated alkanes) is 17. The molecule has 4 aromatic carbocycles. The van der Waals surface area contributed by atoms with Crippen molar-refractivity contribution in [3.05, 3.63) is 129 Å². The van der Waals surface area contributed by atoms with Gasteiger partial charge >= 0.3 is 0 Å². The molecule has 2 heteroatoms. The Morgan fingerprint density at radius 3 is 0.907 bits per heavy atom. The predicted molar refractivity (Wildman–Crippen MR) is 239 cm³/mol. The highest BCUT2D eigenvalue weighted by molar-refractivity contribution is 5.49. The number of anilines is 2. The van der Waals surface area contributed by atoms with Crippen molar-refractivity contribution in [2.24, 2.45) is 0 Å². The van der Waals surface area contributed by atoms with E-state index >= 15 is 0 Å². The Kier molecular flexibility index (Phi) is 19.8. The molecule has 0 bridgehead atoms. The molecular weight excluding hydrogens is 653 g/mol. The van der Waals surface area contributed by atoms with Crippen molar-refractivity contribution in [1.82, 2.24) is 0 Å². The number of rotatable bonds is 27. The molecule has 0 aliphatic rings. The van der Waals surface area contributed by atoms with Crippen LogP contribution in [0.1, 0.15) is 199 Å². The molecule has 2 atom stereocenters. The average molecular weight is 729 g/mol. The maximum absolute atomic E-state index is 6.00. The van der Waals surface area contributed by atoms with Crippen LogP contribution < -0.4 is 11.5 Å². The number of nitrogens with two attached hydrogens (primary N) is 2. The van der Waals surface area contributed by atoms with E-state index in [0.717, 1.165) is 24.2 Å². The third kappa shape index (κ3) is 15.0. The van der Waals surface area contributed by atoms with E-state index in [1.54, 1.807) is 0 Å². The lowest BCUT2D eigenvalue weighted by molar-refractivity contribution is 0.524. The minimum absolute atomic E-state index is 0.448. The zero-order valence-electron chi connectivity index (χ0n) is 34.9. The smallest absolute Gasteiger partial charge is 0.0316 e. The SMILES string of the molecule is CCC(c1ccc(CCCCCCCCCCCCCCCCCCCCc2ccc(C(CC)c3ccc(N)cc3C)cc2)cc1)c1ccc(N)cc1C. The van der Waals surface area contributed by atoms with Crippen molar-refractivity contribution in [2.45, 2.75) is 181 Å². The molecule has 0 aromatic heterocycles. The van der Waals surface area contributed by atoms with Crippen molar-refractivity contribution >= 4 is 11.4 Å². The zero-order chi connectivity index (χ0) is 38.4. The summed E-state index contributed by atoms with van der Waals surface area (Å²) in [6.07, 6.45) is 30.0. The second-order valence-corrected chi connectivity index (χ2v) is 16.5. The molecule has 2 unspecified atom stereocenters. The Balaban J connectivity index is 0.907. The molecule has 54 heavy (non-hydrogen) atoms.